The number of benzene rings is 1. The van der Waals surface area contributed by atoms with Gasteiger partial charge in [-0.25, -0.2) is 14.1 Å². The first-order valence-electron chi connectivity index (χ1n) is 10.7. The highest BCUT2D eigenvalue weighted by atomic mass is 19.1. The highest BCUT2D eigenvalue weighted by Gasteiger charge is 2.38. The van der Waals surface area contributed by atoms with Gasteiger partial charge < -0.3 is 16.0 Å². The van der Waals surface area contributed by atoms with Crippen molar-refractivity contribution in [2.24, 2.45) is 7.05 Å². The highest BCUT2D eigenvalue weighted by molar-refractivity contribution is 5.68. The van der Waals surface area contributed by atoms with Crippen LogP contribution in [-0.2, 0) is 7.05 Å². The number of rotatable bonds is 5. The average molecular weight is 440 g/mol. The summed E-state index contributed by atoms with van der Waals surface area (Å²) in [6.45, 7) is 10.6. The van der Waals surface area contributed by atoms with E-state index in [0.29, 0.717) is 11.8 Å². The van der Waals surface area contributed by atoms with E-state index < -0.39 is 5.82 Å². The van der Waals surface area contributed by atoms with Gasteiger partial charge in [0.2, 0.25) is 5.95 Å². The molecule has 0 atom stereocenters. The topological polar surface area (TPSA) is 105 Å². The van der Waals surface area contributed by atoms with Crippen LogP contribution in [0.1, 0.15) is 46.1 Å². The van der Waals surface area contributed by atoms with Crippen molar-refractivity contribution in [2.45, 2.75) is 64.6 Å². The van der Waals surface area contributed by atoms with Crippen LogP contribution in [0.15, 0.2) is 24.4 Å². The number of hydrogen-bond donors (Lipinski definition) is 3. The van der Waals surface area contributed by atoms with Crippen LogP contribution in [0.2, 0.25) is 0 Å². The molecular formula is C22H30FN9. The lowest BCUT2D eigenvalue weighted by atomic mass is 9.79. The number of tetrazole rings is 1. The number of aromatic nitrogens is 6. The van der Waals surface area contributed by atoms with E-state index in [1.807, 2.05) is 25.1 Å². The second-order valence-electron chi connectivity index (χ2n) is 9.81. The van der Waals surface area contributed by atoms with Gasteiger partial charge in [-0.1, -0.05) is 6.07 Å². The number of hydrogen-bond acceptors (Lipinski definition) is 8. The lowest BCUT2D eigenvalue weighted by Crippen LogP contribution is -2.60. The van der Waals surface area contributed by atoms with Crippen LogP contribution in [0.25, 0.3) is 11.4 Å². The minimum atomic E-state index is -0.473. The first-order chi connectivity index (χ1) is 15.0. The van der Waals surface area contributed by atoms with Crippen LogP contribution in [0.4, 0.5) is 21.8 Å². The predicted molar refractivity (Wildman–Crippen MR) is 122 cm³/mol. The summed E-state index contributed by atoms with van der Waals surface area (Å²) in [5, 5.41) is 21.8. The van der Waals surface area contributed by atoms with Crippen molar-refractivity contribution >= 4 is 17.5 Å². The minimum Gasteiger partial charge on any atom is -0.365 e. The fourth-order valence-electron chi connectivity index (χ4n) is 4.67. The fourth-order valence-corrected chi connectivity index (χ4v) is 4.67. The van der Waals surface area contributed by atoms with Gasteiger partial charge in [-0.3, -0.25) is 0 Å². The number of piperidine rings is 1. The van der Waals surface area contributed by atoms with E-state index >= 15 is 0 Å². The van der Waals surface area contributed by atoms with Crippen molar-refractivity contribution in [1.82, 2.24) is 35.5 Å². The van der Waals surface area contributed by atoms with Crippen molar-refractivity contribution in [3.8, 4) is 11.4 Å². The molecule has 1 aromatic carbocycles. The Labute approximate surface area is 187 Å². The molecule has 0 bridgehead atoms. The molecule has 1 aliphatic heterocycles. The van der Waals surface area contributed by atoms with Gasteiger partial charge in [0, 0.05) is 35.4 Å². The number of halogens is 1. The lowest BCUT2D eigenvalue weighted by molar-refractivity contribution is 0.170. The van der Waals surface area contributed by atoms with Crippen molar-refractivity contribution in [3.05, 3.63) is 35.8 Å². The molecule has 2 aromatic heterocycles. The van der Waals surface area contributed by atoms with Crippen LogP contribution >= 0.6 is 0 Å². The largest absolute Gasteiger partial charge is 0.365 e. The van der Waals surface area contributed by atoms with Gasteiger partial charge >= 0.3 is 0 Å². The van der Waals surface area contributed by atoms with Gasteiger partial charge in [-0.05, 0) is 75.6 Å². The molecule has 9 nitrogen and oxygen atoms in total. The Kier molecular flexibility index (Phi) is 5.58. The predicted octanol–water partition coefficient (Wildman–Crippen LogP) is 3.58. The maximum absolute atomic E-state index is 14.5. The Morgan fingerprint density at radius 1 is 1.16 bits per heavy atom. The first kappa shape index (κ1) is 22.1. The fraction of sp³-hybridized carbons (Fsp3) is 0.500. The molecule has 0 spiro atoms. The first-order valence-corrected chi connectivity index (χ1v) is 10.7. The monoisotopic (exact) mass is 439 g/mol. The Morgan fingerprint density at radius 3 is 2.53 bits per heavy atom. The number of anilines is 3. The van der Waals surface area contributed by atoms with Gasteiger partial charge in [-0.2, -0.15) is 4.98 Å². The molecule has 1 saturated heterocycles. The summed E-state index contributed by atoms with van der Waals surface area (Å²) in [6, 6.07) is 5.90. The summed E-state index contributed by atoms with van der Waals surface area (Å²) in [4.78, 5) is 8.54. The molecule has 4 rings (SSSR count). The molecule has 32 heavy (non-hydrogen) atoms. The molecular weight excluding hydrogens is 409 g/mol. The van der Waals surface area contributed by atoms with E-state index in [1.54, 1.807) is 11.7 Å². The Bertz CT molecular complexity index is 1110. The van der Waals surface area contributed by atoms with Crippen LogP contribution < -0.4 is 16.0 Å². The molecule has 1 aliphatic rings. The van der Waals surface area contributed by atoms with Crippen molar-refractivity contribution in [2.75, 3.05) is 10.6 Å². The lowest BCUT2D eigenvalue weighted by Gasteiger charge is -2.46. The maximum Gasteiger partial charge on any atom is 0.229 e. The normalized spacial score (nSPS) is 17.8. The Hall–Kier alpha value is -3.14. The van der Waals surface area contributed by atoms with Gasteiger partial charge in [0.05, 0.1) is 6.20 Å². The van der Waals surface area contributed by atoms with Crippen LogP contribution in [0.5, 0.6) is 0 Å². The van der Waals surface area contributed by atoms with Crippen molar-refractivity contribution in [1.29, 1.82) is 0 Å². The van der Waals surface area contributed by atoms with Crippen molar-refractivity contribution in [3.63, 3.8) is 0 Å². The van der Waals surface area contributed by atoms with Crippen LogP contribution in [0, 0.1) is 12.7 Å². The average Bonchev–Trinajstić information content (AvgIpc) is 3.09. The summed E-state index contributed by atoms with van der Waals surface area (Å²) in [5.74, 6) is 0.696. The molecule has 1 fully saturated rings. The quantitative estimate of drug-likeness (QED) is 0.554. The third-order valence-corrected chi connectivity index (χ3v) is 5.63. The van der Waals surface area contributed by atoms with E-state index in [-0.39, 0.29) is 22.9 Å². The van der Waals surface area contributed by atoms with E-state index in [4.69, 9.17) is 0 Å². The molecule has 0 aliphatic carbocycles. The summed E-state index contributed by atoms with van der Waals surface area (Å²) >= 11 is 0. The molecule has 3 aromatic rings. The second kappa shape index (κ2) is 8.09. The zero-order chi connectivity index (χ0) is 23.1. The molecule has 3 heterocycles. The van der Waals surface area contributed by atoms with Gasteiger partial charge in [0.15, 0.2) is 17.5 Å². The second-order valence-corrected chi connectivity index (χ2v) is 9.81. The Morgan fingerprint density at radius 2 is 1.88 bits per heavy atom. The number of nitrogens with zero attached hydrogens (tertiary/aromatic N) is 6. The highest BCUT2D eigenvalue weighted by Crippen LogP contribution is 2.31. The maximum atomic E-state index is 14.5. The molecule has 3 N–H and O–H groups in total. The third kappa shape index (κ3) is 4.85. The van der Waals surface area contributed by atoms with E-state index in [1.165, 1.54) is 6.20 Å². The SMILES string of the molecule is Cc1ccc(Nc2ncc(F)c(NC3CC(C)(C)NC(C)(C)C3)n2)cc1-c1nnnn1C. The van der Waals surface area contributed by atoms with Gasteiger partial charge in [-0.15, -0.1) is 5.10 Å². The summed E-state index contributed by atoms with van der Waals surface area (Å²) in [7, 11) is 1.79. The zero-order valence-electron chi connectivity index (χ0n) is 19.4. The molecule has 0 unspecified atom stereocenters. The van der Waals surface area contributed by atoms with Crippen LogP contribution in [-0.4, -0.2) is 47.3 Å². The molecule has 0 amide bonds. The third-order valence-electron chi connectivity index (χ3n) is 5.63. The molecule has 0 radical (unpaired) electrons. The zero-order valence-corrected chi connectivity index (χ0v) is 19.4. The summed E-state index contributed by atoms with van der Waals surface area (Å²) < 4.78 is 16.2. The summed E-state index contributed by atoms with van der Waals surface area (Å²) in [6.07, 6.45) is 2.90. The minimum absolute atomic E-state index is 0.0585. The molecule has 10 heteroatoms. The van der Waals surface area contributed by atoms with E-state index in [0.717, 1.165) is 29.7 Å². The van der Waals surface area contributed by atoms with Gasteiger partial charge in [0.1, 0.15) is 0 Å². The molecule has 170 valence electrons. The van der Waals surface area contributed by atoms with E-state index in [2.05, 4.69) is 69.1 Å². The number of nitrogens with one attached hydrogen (secondary N) is 3. The smallest absolute Gasteiger partial charge is 0.229 e. The van der Waals surface area contributed by atoms with Crippen molar-refractivity contribution < 1.29 is 4.39 Å². The van der Waals surface area contributed by atoms with Crippen LogP contribution in [0.3, 0.4) is 0 Å². The Balaban J connectivity index is 1.56. The number of aryl methyl sites for hydroxylation is 2. The van der Waals surface area contributed by atoms with E-state index in [9.17, 15) is 4.39 Å². The summed E-state index contributed by atoms with van der Waals surface area (Å²) in [5.41, 5.74) is 2.57. The van der Waals surface area contributed by atoms with Gasteiger partial charge in [0.25, 0.3) is 0 Å². The standard InChI is InChI=1S/C22H30FN9/c1-13-7-8-14(9-16(13)19-28-30-31-32(19)6)26-20-24-12-17(23)18(27-20)25-15-10-21(2,3)29-22(4,5)11-15/h7-9,12,15,29H,10-11H2,1-6H3,(H2,24,25,26,27). The molecule has 0 saturated carbocycles.